The van der Waals surface area contributed by atoms with Crippen molar-refractivity contribution in [2.24, 2.45) is 28.1 Å². The highest BCUT2D eigenvalue weighted by atomic mass is 16.7. The lowest BCUT2D eigenvalue weighted by molar-refractivity contribution is -0.312. The van der Waals surface area contributed by atoms with Gasteiger partial charge in [-0.05, 0) is 61.2 Å². The lowest BCUT2D eigenvalue weighted by Gasteiger charge is -2.61. The molecular formula is C26H42O7. The molecule has 3 aliphatic carbocycles. The number of hydrogen-bond donors (Lipinski definition) is 5. The monoisotopic (exact) mass is 466 g/mol. The molecule has 0 radical (unpaired) electrons. The second-order valence-corrected chi connectivity index (χ2v) is 11.8. The van der Waals surface area contributed by atoms with Crippen LogP contribution in [-0.4, -0.2) is 75.6 Å². The van der Waals surface area contributed by atoms with E-state index in [-0.39, 0.29) is 23.4 Å². The molecule has 4 aliphatic rings. The normalized spacial score (nSPS) is 52.4. The van der Waals surface area contributed by atoms with Crippen molar-refractivity contribution in [3.63, 3.8) is 0 Å². The van der Waals surface area contributed by atoms with Crippen LogP contribution in [0, 0.1) is 28.1 Å². The van der Waals surface area contributed by atoms with Gasteiger partial charge in [-0.1, -0.05) is 38.5 Å². The van der Waals surface area contributed by atoms with E-state index in [0.717, 1.165) is 32.1 Å². The fourth-order valence-electron chi connectivity index (χ4n) is 7.30. The molecule has 0 unspecified atom stereocenters. The summed E-state index contributed by atoms with van der Waals surface area (Å²) in [5.74, 6) is 0.670. The second kappa shape index (κ2) is 9.01. The van der Waals surface area contributed by atoms with Crippen LogP contribution in [0.3, 0.4) is 0 Å². The molecule has 0 aromatic heterocycles. The van der Waals surface area contributed by atoms with Gasteiger partial charge in [-0.3, -0.25) is 0 Å². The fourth-order valence-corrected chi connectivity index (χ4v) is 7.30. The molecule has 7 nitrogen and oxygen atoms in total. The molecule has 188 valence electrons. The van der Waals surface area contributed by atoms with Gasteiger partial charge in [0.15, 0.2) is 6.29 Å². The number of aliphatic hydroxyl groups excluding tert-OH is 5. The molecule has 0 aromatic carbocycles. The molecule has 3 fully saturated rings. The van der Waals surface area contributed by atoms with E-state index in [1.54, 1.807) is 0 Å². The van der Waals surface area contributed by atoms with Gasteiger partial charge in [0.05, 0.1) is 19.3 Å². The van der Waals surface area contributed by atoms with E-state index in [1.165, 1.54) is 5.57 Å². The minimum absolute atomic E-state index is 0.0410. The van der Waals surface area contributed by atoms with Crippen LogP contribution < -0.4 is 0 Å². The molecule has 0 spiro atoms. The molecule has 4 rings (SSSR count). The van der Waals surface area contributed by atoms with Crippen molar-refractivity contribution in [3.05, 3.63) is 24.3 Å². The highest BCUT2D eigenvalue weighted by Gasteiger charge is 2.59. The summed E-state index contributed by atoms with van der Waals surface area (Å²) in [5, 5.41) is 51.1. The molecule has 5 N–H and O–H groups in total. The van der Waals surface area contributed by atoms with E-state index in [2.05, 4.69) is 39.5 Å². The Hall–Kier alpha value is -0.800. The Labute approximate surface area is 197 Å². The third-order valence-electron chi connectivity index (χ3n) is 9.68. The van der Waals surface area contributed by atoms with Gasteiger partial charge in [-0.25, -0.2) is 0 Å². The summed E-state index contributed by atoms with van der Waals surface area (Å²) in [7, 11) is 0. The van der Waals surface area contributed by atoms with E-state index < -0.39 is 48.8 Å². The van der Waals surface area contributed by atoms with Crippen molar-refractivity contribution in [2.75, 3.05) is 13.2 Å². The van der Waals surface area contributed by atoms with Crippen LogP contribution >= 0.6 is 0 Å². The molecule has 0 amide bonds. The van der Waals surface area contributed by atoms with Crippen molar-refractivity contribution in [3.8, 4) is 0 Å². The summed E-state index contributed by atoms with van der Waals surface area (Å²) < 4.78 is 11.5. The van der Waals surface area contributed by atoms with Crippen LogP contribution in [0.2, 0.25) is 0 Å². The first-order valence-electron chi connectivity index (χ1n) is 12.4. The molecule has 1 aliphatic heterocycles. The Bertz CT molecular complexity index is 768. The predicted octanol–water partition coefficient (Wildman–Crippen LogP) is 1.91. The largest absolute Gasteiger partial charge is 0.394 e. The van der Waals surface area contributed by atoms with Crippen LogP contribution in [0.25, 0.3) is 0 Å². The summed E-state index contributed by atoms with van der Waals surface area (Å²) in [6.07, 6.45) is 3.17. The zero-order valence-electron chi connectivity index (χ0n) is 20.2. The number of aliphatic hydroxyl groups is 5. The van der Waals surface area contributed by atoms with Gasteiger partial charge in [-0.2, -0.15) is 0 Å². The molecule has 0 bridgehead atoms. The van der Waals surface area contributed by atoms with Gasteiger partial charge < -0.3 is 35.0 Å². The smallest absolute Gasteiger partial charge is 0.186 e. The molecule has 1 saturated heterocycles. The lowest BCUT2D eigenvalue weighted by Crippen LogP contribution is -2.61. The number of fused-ring (bicyclic) bond motifs is 3. The van der Waals surface area contributed by atoms with E-state index in [4.69, 9.17) is 9.47 Å². The molecule has 11 atom stereocenters. The van der Waals surface area contributed by atoms with E-state index in [9.17, 15) is 25.5 Å². The zero-order chi connectivity index (χ0) is 24.2. The van der Waals surface area contributed by atoms with Crippen LogP contribution in [0.5, 0.6) is 0 Å². The summed E-state index contributed by atoms with van der Waals surface area (Å²) in [6, 6.07) is 0. The van der Waals surface area contributed by atoms with Gasteiger partial charge in [0.25, 0.3) is 0 Å². The summed E-state index contributed by atoms with van der Waals surface area (Å²) in [4.78, 5) is 0. The van der Waals surface area contributed by atoms with Crippen molar-refractivity contribution >= 4 is 0 Å². The maximum Gasteiger partial charge on any atom is 0.186 e. The Kier molecular flexibility index (Phi) is 6.91. The van der Waals surface area contributed by atoms with Crippen LogP contribution in [0.4, 0.5) is 0 Å². The molecule has 2 saturated carbocycles. The minimum atomic E-state index is -1.48. The lowest BCUT2D eigenvalue weighted by atomic mass is 9.45. The third kappa shape index (κ3) is 4.14. The molecule has 1 heterocycles. The number of rotatable bonds is 5. The first-order chi connectivity index (χ1) is 15.5. The maximum absolute atomic E-state index is 11.1. The van der Waals surface area contributed by atoms with Gasteiger partial charge in [0.1, 0.15) is 24.4 Å². The Balaban J connectivity index is 1.54. The predicted molar refractivity (Wildman–Crippen MR) is 123 cm³/mol. The second-order valence-electron chi connectivity index (χ2n) is 11.8. The molecule has 0 aromatic rings. The van der Waals surface area contributed by atoms with Crippen LogP contribution in [0.1, 0.15) is 59.3 Å². The maximum atomic E-state index is 11.1. The Morgan fingerprint density at radius 3 is 2.48 bits per heavy atom. The highest BCUT2D eigenvalue weighted by molar-refractivity contribution is 5.25. The van der Waals surface area contributed by atoms with Gasteiger partial charge in [0, 0.05) is 5.41 Å². The Morgan fingerprint density at radius 1 is 1.09 bits per heavy atom. The standard InChI is InChI=1S/C26H42O7/c1-5-24(2)10-8-16-15(12-24)6-7-18-25(16,3)11-9-19(28)26(18,4)14-32-23-22(31)21(30)20(29)17(13-27)33-23/h5-6,16-23,27-31H,1,7-14H2,2-4H3/t16-,17-,18+,19-,20+,21+,22+,23-,24-,25+,26-/m0/s1. The number of hydrogen-bond acceptors (Lipinski definition) is 7. The Morgan fingerprint density at radius 2 is 1.82 bits per heavy atom. The van der Waals surface area contributed by atoms with E-state index in [0.29, 0.717) is 12.3 Å². The van der Waals surface area contributed by atoms with E-state index in [1.807, 2.05) is 0 Å². The number of allylic oxidation sites excluding steroid dienone is 3. The zero-order valence-corrected chi connectivity index (χ0v) is 20.2. The van der Waals surface area contributed by atoms with E-state index >= 15 is 0 Å². The quantitative estimate of drug-likeness (QED) is 0.393. The first kappa shape index (κ1) is 25.3. The molecular weight excluding hydrogens is 424 g/mol. The average Bonchev–Trinajstić information content (AvgIpc) is 2.80. The number of ether oxygens (including phenoxy) is 2. The van der Waals surface area contributed by atoms with Crippen LogP contribution in [0.15, 0.2) is 24.3 Å². The van der Waals surface area contributed by atoms with Gasteiger partial charge >= 0.3 is 0 Å². The van der Waals surface area contributed by atoms with Crippen LogP contribution in [-0.2, 0) is 9.47 Å². The minimum Gasteiger partial charge on any atom is -0.394 e. The van der Waals surface area contributed by atoms with Crippen molar-refractivity contribution in [2.45, 2.75) is 96.1 Å². The molecule has 33 heavy (non-hydrogen) atoms. The highest BCUT2D eigenvalue weighted by Crippen LogP contribution is 2.63. The van der Waals surface area contributed by atoms with Crippen molar-refractivity contribution in [1.29, 1.82) is 0 Å². The summed E-state index contributed by atoms with van der Waals surface area (Å²) in [6.45, 7) is 10.4. The first-order valence-corrected chi connectivity index (χ1v) is 12.4. The van der Waals surface area contributed by atoms with Gasteiger partial charge in [-0.15, -0.1) is 6.58 Å². The van der Waals surface area contributed by atoms with Crippen molar-refractivity contribution in [1.82, 2.24) is 0 Å². The third-order valence-corrected chi connectivity index (χ3v) is 9.68. The van der Waals surface area contributed by atoms with Gasteiger partial charge in [0.2, 0.25) is 0 Å². The fraction of sp³-hybridized carbons (Fsp3) is 0.846. The average molecular weight is 467 g/mol. The topological polar surface area (TPSA) is 120 Å². The summed E-state index contributed by atoms with van der Waals surface area (Å²) >= 11 is 0. The SMILES string of the molecule is C=C[C@@]1(C)CC[C@H]2C(=CC[C@H]3[C@](C)(CO[C@H]4O[C@@H](CO)[C@@H](O)[C@@H](O)[C@H]4O)[C@@H](O)CC[C@@]32C)C1. The summed E-state index contributed by atoms with van der Waals surface area (Å²) in [5.41, 5.74) is 1.15. The van der Waals surface area contributed by atoms with Crippen molar-refractivity contribution < 1.29 is 35.0 Å². The molecule has 7 heteroatoms.